The van der Waals surface area contributed by atoms with Crippen molar-refractivity contribution in [1.29, 1.82) is 0 Å². The minimum Gasteiger partial charge on any atom is -0.434 e. The van der Waals surface area contributed by atoms with Gasteiger partial charge in [0.25, 0.3) is 0 Å². The van der Waals surface area contributed by atoms with Crippen molar-refractivity contribution in [3.05, 3.63) is 0 Å². The molecule has 0 aromatic carbocycles. The van der Waals surface area contributed by atoms with Crippen LogP contribution in [0.5, 0.6) is 0 Å². The van der Waals surface area contributed by atoms with E-state index in [1.165, 1.54) is 0 Å². The van der Waals surface area contributed by atoms with Crippen LogP contribution in [0.3, 0.4) is 0 Å². The molecule has 0 N–H and O–H groups in total. The van der Waals surface area contributed by atoms with E-state index >= 15 is 0 Å². The molecule has 0 aliphatic carbocycles. The van der Waals surface area contributed by atoms with Gasteiger partial charge in [0.1, 0.15) is 0 Å². The van der Waals surface area contributed by atoms with Crippen LogP contribution in [0.2, 0.25) is 0 Å². The zero-order valence-electron chi connectivity index (χ0n) is 8.37. The van der Waals surface area contributed by atoms with E-state index in [1.807, 2.05) is 13.8 Å². The number of carbonyl (C=O) groups excluding carboxylic acids is 2. The van der Waals surface area contributed by atoms with E-state index < -0.39 is 12.3 Å². The van der Waals surface area contributed by atoms with E-state index in [2.05, 4.69) is 14.2 Å². The summed E-state index contributed by atoms with van der Waals surface area (Å²) < 4.78 is 13.5. The number of ether oxygens (including phenoxy) is 3. The molecule has 1 fully saturated rings. The molecule has 5 nitrogen and oxygen atoms in total. The molecule has 0 aromatic rings. The molecule has 5 heteroatoms. The van der Waals surface area contributed by atoms with Crippen LogP contribution in [-0.2, 0) is 14.2 Å². The van der Waals surface area contributed by atoms with Crippen molar-refractivity contribution < 1.29 is 23.8 Å². The van der Waals surface area contributed by atoms with Crippen LogP contribution in [-0.4, -0.2) is 25.5 Å². The van der Waals surface area contributed by atoms with Crippen LogP contribution >= 0.6 is 0 Å². The van der Waals surface area contributed by atoms with Gasteiger partial charge in [0, 0.05) is 0 Å². The van der Waals surface area contributed by atoms with Crippen molar-refractivity contribution in [3.8, 4) is 0 Å². The van der Waals surface area contributed by atoms with E-state index in [1.54, 1.807) is 0 Å². The SMILES string of the molecule is CC1(C)CCOC(=O)OC(=O)OCC1. The van der Waals surface area contributed by atoms with Crippen molar-refractivity contribution in [2.24, 2.45) is 5.41 Å². The highest BCUT2D eigenvalue weighted by molar-refractivity contribution is 5.76. The summed E-state index contributed by atoms with van der Waals surface area (Å²) in [5, 5.41) is 0. The summed E-state index contributed by atoms with van der Waals surface area (Å²) in [6, 6.07) is 0. The molecule has 1 saturated heterocycles. The molecule has 0 unspecified atom stereocenters. The Bertz CT molecular complexity index is 211. The molecular weight excluding hydrogens is 188 g/mol. The van der Waals surface area contributed by atoms with E-state index in [0.717, 1.165) is 12.8 Å². The summed E-state index contributed by atoms with van der Waals surface area (Å²) >= 11 is 0. The Hall–Kier alpha value is -1.26. The highest BCUT2D eigenvalue weighted by atomic mass is 16.8. The van der Waals surface area contributed by atoms with E-state index in [-0.39, 0.29) is 18.6 Å². The minimum absolute atomic E-state index is 0.00208. The van der Waals surface area contributed by atoms with Gasteiger partial charge in [0.05, 0.1) is 13.2 Å². The van der Waals surface area contributed by atoms with Gasteiger partial charge in [-0.05, 0) is 18.3 Å². The average Bonchev–Trinajstić information content (AvgIpc) is 2.01. The van der Waals surface area contributed by atoms with Crippen molar-refractivity contribution in [2.45, 2.75) is 26.7 Å². The first-order valence-electron chi connectivity index (χ1n) is 4.51. The van der Waals surface area contributed by atoms with Gasteiger partial charge in [-0.3, -0.25) is 0 Å². The highest BCUT2D eigenvalue weighted by Gasteiger charge is 2.22. The molecule has 0 aromatic heterocycles. The molecule has 0 saturated carbocycles. The van der Waals surface area contributed by atoms with Crippen LogP contribution in [0, 0.1) is 5.41 Å². The largest absolute Gasteiger partial charge is 0.518 e. The summed E-state index contributed by atoms with van der Waals surface area (Å²) in [6.45, 7) is 4.58. The quantitative estimate of drug-likeness (QED) is 0.444. The summed E-state index contributed by atoms with van der Waals surface area (Å²) in [4.78, 5) is 21.6. The molecule has 0 spiro atoms. The van der Waals surface area contributed by atoms with Gasteiger partial charge in [-0.1, -0.05) is 13.8 Å². The summed E-state index contributed by atoms with van der Waals surface area (Å²) in [6.07, 6.45) is -0.542. The number of hydrogen-bond acceptors (Lipinski definition) is 5. The topological polar surface area (TPSA) is 61.8 Å². The fourth-order valence-corrected chi connectivity index (χ4v) is 1.07. The Labute approximate surface area is 82.3 Å². The van der Waals surface area contributed by atoms with Crippen LogP contribution in [0.1, 0.15) is 26.7 Å². The van der Waals surface area contributed by atoms with Crippen LogP contribution in [0.25, 0.3) is 0 Å². The third kappa shape index (κ3) is 3.64. The molecule has 80 valence electrons. The van der Waals surface area contributed by atoms with Crippen LogP contribution in [0.4, 0.5) is 9.59 Å². The first-order chi connectivity index (χ1) is 6.49. The van der Waals surface area contributed by atoms with Gasteiger partial charge in [-0.25, -0.2) is 9.59 Å². The monoisotopic (exact) mass is 202 g/mol. The maximum Gasteiger partial charge on any atom is 0.518 e. The van der Waals surface area contributed by atoms with Gasteiger partial charge >= 0.3 is 12.3 Å². The Kier molecular flexibility index (Phi) is 3.33. The number of rotatable bonds is 0. The number of hydrogen-bond donors (Lipinski definition) is 0. The van der Waals surface area contributed by atoms with Gasteiger partial charge in [0.2, 0.25) is 0 Å². The third-order valence-corrected chi connectivity index (χ3v) is 2.16. The lowest BCUT2D eigenvalue weighted by molar-refractivity contribution is 0.0158. The Morgan fingerprint density at radius 3 is 1.86 bits per heavy atom. The lowest BCUT2D eigenvalue weighted by atomic mass is 9.86. The molecule has 1 rings (SSSR count). The maximum absolute atomic E-state index is 10.8. The van der Waals surface area contributed by atoms with Gasteiger partial charge in [-0.2, -0.15) is 0 Å². The first-order valence-corrected chi connectivity index (χ1v) is 4.51. The molecule has 14 heavy (non-hydrogen) atoms. The van der Waals surface area contributed by atoms with E-state index in [9.17, 15) is 9.59 Å². The molecule has 1 heterocycles. The lowest BCUT2D eigenvalue weighted by Gasteiger charge is -2.24. The number of carbonyl (C=O) groups is 2. The molecule has 1 aliphatic heterocycles. The van der Waals surface area contributed by atoms with Gasteiger partial charge in [-0.15, -0.1) is 0 Å². The molecule has 0 radical (unpaired) electrons. The Balaban J connectivity index is 2.52. The third-order valence-electron chi connectivity index (χ3n) is 2.16. The second-order valence-corrected chi connectivity index (χ2v) is 3.96. The Morgan fingerprint density at radius 2 is 1.43 bits per heavy atom. The zero-order valence-corrected chi connectivity index (χ0v) is 8.37. The average molecular weight is 202 g/mol. The van der Waals surface area contributed by atoms with Crippen molar-refractivity contribution in [3.63, 3.8) is 0 Å². The Morgan fingerprint density at radius 1 is 1.00 bits per heavy atom. The first kappa shape index (κ1) is 10.8. The number of cyclic esters (lactones) is 4. The summed E-state index contributed by atoms with van der Waals surface area (Å²) in [5.41, 5.74) is -0.00208. The van der Waals surface area contributed by atoms with Crippen LogP contribution in [0.15, 0.2) is 0 Å². The normalized spacial score (nSPS) is 23.0. The van der Waals surface area contributed by atoms with Gasteiger partial charge < -0.3 is 14.2 Å². The standard InChI is InChI=1S/C9H14O5/c1-9(2)3-5-12-7(10)14-8(11)13-6-4-9/h3-6H2,1-2H3. The van der Waals surface area contributed by atoms with Crippen molar-refractivity contribution in [1.82, 2.24) is 0 Å². The second-order valence-electron chi connectivity index (χ2n) is 3.96. The summed E-state index contributed by atoms with van der Waals surface area (Å²) in [7, 11) is 0. The van der Waals surface area contributed by atoms with Gasteiger partial charge in [0.15, 0.2) is 0 Å². The lowest BCUT2D eigenvalue weighted by Crippen LogP contribution is -2.24. The minimum atomic E-state index is -0.993. The van der Waals surface area contributed by atoms with Crippen molar-refractivity contribution in [2.75, 3.05) is 13.2 Å². The fraction of sp³-hybridized carbons (Fsp3) is 0.778. The van der Waals surface area contributed by atoms with E-state index in [4.69, 9.17) is 0 Å². The predicted molar refractivity (Wildman–Crippen MR) is 46.8 cm³/mol. The molecule has 1 aliphatic rings. The fourth-order valence-electron chi connectivity index (χ4n) is 1.07. The van der Waals surface area contributed by atoms with Crippen molar-refractivity contribution >= 4 is 12.3 Å². The smallest absolute Gasteiger partial charge is 0.434 e. The molecule has 0 bridgehead atoms. The predicted octanol–water partition coefficient (Wildman–Crippen LogP) is 2.10. The highest BCUT2D eigenvalue weighted by Crippen LogP contribution is 2.25. The second kappa shape index (κ2) is 4.30. The molecule has 0 atom stereocenters. The van der Waals surface area contributed by atoms with Crippen LogP contribution < -0.4 is 0 Å². The summed E-state index contributed by atoms with van der Waals surface area (Å²) in [5.74, 6) is 0. The molecule has 0 amide bonds. The van der Waals surface area contributed by atoms with E-state index in [0.29, 0.717) is 0 Å². The maximum atomic E-state index is 10.8. The molecular formula is C9H14O5. The zero-order chi connectivity index (χ0) is 10.6.